The number of carbonyl (C=O) groups is 1. The van der Waals surface area contributed by atoms with Crippen LogP contribution in [0.1, 0.15) is 30.7 Å². The first-order chi connectivity index (χ1) is 15.2. The Bertz CT molecular complexity index is 1330. The van der Waals surface area contributed by atoms with E-state index < -0.39 is 21.9 Å². The first-order valence-electron chi connectivity index (χ1n) is 9.59. The lowest BCUT2D eigenvalue weighted by Crippen LogP contribution is -2.24. The van der Waals surface area contributed by atoms with Gasteiger partial charge in [0.25, 0.3) is 5.56 Å². The smallest absolute Gasteiger partial charge is 0.322 e. The van der Waals surface area contributed by atoms with E-state index in [2.05, 4.69) is 14.3 Å². The number of nitrogens with zero attached hydrogens (tertiary/aromatic N) is 3. The quantitative estimate of drug-likeness (QED) is 0.179. The molecule has 0 aliphatic carbocycles. The lowest BCUT2D eigenvalue weighted by Gasteiger charge is -2.14. The van der Waals surface area contributed by atoms with Gasteiger partial charge in [-0.1, -0.05) is 11.2 Å². The Labute approximate surface area is 182 Å². The Kier molecular flexibility index (Phi) is 6.98. The molecule has 0 amide bonds. The molecular formula is C21H20FN3O6S. The van der Waals surface area contributed by atoms with Crippen molar-refractivity contribution < 1.29 is 27.0 Å². The Hall–Kier alpha value is -3.60. The molecule has 9 nitrogen and oxygen atoms in total. The molecule has 0 radical (unpaired) electrons. The van der Waals surface area contributed by atoms with Gasteiger partial charge in [0.1, 0.15) is 11.6 Å². The molecule has 1 heterocycles. The highest BCUT2D eigenvalue weighted by Gasteiger charge is 2.15. The summed E-state index contributed by atoms with van der Waals surface area (Å²) in [4.78, 5) is 29.4. The average Bonchev–Trinajstić information content (AvgIpc) is 2.71. The van der Waals surface area contributed by atoms with Gasteiger partial charge in [-0.3, -0.25) is 14.2 Å². The van der Waals surface area contributed by atoms with Crippen LogP contribution >= 0.6 is 0 Å². The molecule has 0 aliphatic rings. The number of unbranched alkanes of at least 4 members (excludes halogenated alkanes) is 1. The van der Waals surface area contributed by atoms with Gasteiger partial charge in [-0.25, -0.2) is 9.37 Å². The molecule has 0 saturated carbocycles. The molecule has 1 N–H and O–H groups in total. The van der Waals surface area contributed by atoms with E-state index in [1.807, 2.05) is 0 Å². The van der Waals surface area contributed by atoms with E-state index in [9.17, 15) is 22.4 Å². The summed E-state index contributed by atoms with van der Waals surface area (Å²) < 4.78 is 41.1. The number of fused-ring (bicyclic) bond motifs is 1. The second kappa shape index (κ2) is 9.69. The molecular weight excluding hydrogens is 441 g/mol. The number of hydrogen-bond acceptors (Lipinski definition) is 8. The van der Waals surface area contributed by atoms with Crippen molar-refractivity contribution in [2.75, 3.05) is 6.26 Å². The van der Waals surface area contributed by atoms with Crippen molar-refractivity contribution >= 4 is 33.2 Å². The highest BCUT2D eigenvalue weighted by atomic mass is 32.2. The molecule has 0 atom stereocenters. The Morgan fingerprint density at radius 1 is 1.22 bits per heavy atom. The van der Waals surface area contributed by atoms with Gasteiger partial charge in [0, 0.05) is 12.8 Å². The van der Waals surface area contributed by atoms with E-state index in [4.69, 9.17) is 5.21 Å². The summed E-state index contributed by atoms with van der Waals surface area (Å²) >= 11 is 0. The third-order valence-electron chi connectivity index (χ3n) is 4.53. The van der Waals surface area contributed by atoms with E-state index in [1.54, 1.807) is 18.2 Å². The third-order valence-corrected chi connectivity index (χ3v) is 5.02. The van der Waals surface area contributed by atoms with Gasteiger partial charge in [-0.15, -0.1) is 0 Å². The molecule has 3 rings (SSSR count). The van der Waals surface area contributed by atoms with Crippen LogP contribution in [0, 0.1) is 5.82 Å². The van der Waals surface area contributed by atoms with Gasteiger partial charge >= 0.3 is 16.1 Å². The molecule has 3 aromatic rings. The van der Waals surface area contributed by atoms with Crippen LogP contribution in [0.5, 0.6) is 0 Å². The monoisotopic (exact) mass is 461 g/mol. The summed E-state index contributed by atoms with van der Waals surface area (Å²) in [5, 5.41) is 12.1. The zero-order valence-electron chi connectivity index (χ0n) is 17.1. The Morgan fingerprint density at radius 3 is 2.59 bits per heavy atom. The zero-order chi connectivity index (χ0) is 23.3. The summed E-state index contributed by atoms with van der Waals surface area (Å²) in [5.74, 6) is -0.930. The average molecular weight is 461 g/mol. The van der Waals surface area contributed by atoms with Gasteiger partial charge < -0.3 is 9.39 Å². The van der Waals surface area contributed by atoms with Crippen LogP contribution in [0.4, 0.5) is 4.39 Å². The van der Waals surface area contributed by atoms with E-state index in [-0.39, 0.29) is 18.4 Å². The normalized spacial score (nSPS) is 11.8. The van der Waals surface area contributed by atoms with Crippen molar-refractivity contribution in [2.24, 2.45) is 5.16 Å². The van der Waals surface area contributed by atoms with E-state index in [0.29, 0.717) is 40.8 Å². The van der Waals surface area contributed by atoms with E-state index >= 15 is 0 Å². The summed E-state index contributed by atoms with van der Waals surface area (Å²) in [6.07, 6.45) is 2.89. The fourth-order valence-corrected chi connectivity index (χ4v) is 3.60. The number of hydrogen-bond donors (Lipinski definition) is 1. The highest BCUT2D eigenvalue weighted by molar-refractivity contribution is 7.86. The maximum Gasteiger partial charge on any atom is 0.322 e. The first-order valence-corrected chi connectivity index (χ1v) is 11.4. The van der Waals surface area contributed by atoms with Crippen molar-refractivity contribution in [1.29, 1.82) is 0 Å². The molecule has 0 unspecified atom stereocenters. The predicted octanol–water partition coefficient (Wildman–Crippen LogP) is 2.55. The van der Waals surface area contributed by atoms with Gasteiger partial charge in [0.15, 0.2) is 0 Å². The van der Waals surface area contributed by atoms with Crippen LogP contribution in [-0.2, 0) is 25.5 Å². The van der Waals surface area contributed by atoms with Crippen molar-refractivity contribution in [3.63, 3.8) is 0 Å². The standard InChI is InChI=1S/C21H20FN3O6S/c1-32(29,30)31-20(26)5-3-2-4-19-24-18-12-14(13-23-28)6-11-17(18)21(27)25(19)16-9-7-15(22)8-10-16/h6-13,28H,2-5H2,1H3/b23-13+. The summed E-state index contributed by atoms with van der Waals surface area (Å²) in [5.41, 5.74) is 0.997. The first kappa shape index (κ1) is 23.1. The number of halogens is 1. The number of aryl methyl sites for hydroxylation is 1. The van der Waals surface area contributed by atoms with Crippen molar-refractivity contribution in [2.45, 2.75) is 25.7 Å². The van der Waals surface area contributed by atoms with Crippen LogP contribution in [0.3, 0.4) is 0 Å². The number of oxime groups is 1. The number of benzene rings is 2. The van der Waals surface area contributed by atoms with E-state index in [0.717, 1.165) is 6.26 Å². The minimum Gasteiger partial charge on any atom is -0.411 e. The summed E-state index contributed by atoms with van der Waals surface area (Å²) in [6.45, 7) is 0. The lowest BCUT2D eigenvalue weighted by molar-refractivity contribution is -0.133. The molecule has 168 valence electrons. The second-order valence-corrected chi connectivity index (χ2v) is 8.61. The Balaban J connectivity index is 1.94. The van der Waals surface area contributed by atoms with Crippen molar-refractivity contribution in [3.8, 4) is 5.69 Å². The molecule has 0 saturated heterocycles. The molecule has 11 heteroatoms. The maximum absolute atomic E-state index is 13.4. The minimum absolute atomic E-state index is 0.113. The highest BCUT2D eigenvalue weighted by Crippen LogP contribution is 2.17. The summed E-state index contributed by atoms with van der Waals surface area (Å²) in [7, 11) is -3.86. The zero-order valence-corrected chi connectivity index (χ0v) is 17.9. The minimum atomic E-state index is -3.86. The van der Waals surface area contributed by atoms with Crippen LogP contribution in [0.2, 0.25) is 0 Å². The second-order valence-electron chi connectivity index (χ2n) is 7.03. The fourth-order valence-electron chi connectivity index (χ4n) is 3.18. The largest absolute Gasteiger partial charge is 0.411 e. The topological polar surface area (TPSA) is 128 Å². The van der Waals surface area contributed by atoms with Gasteiger partial charge in [0.2, 0.25) is 0 Å². The van der Waals surface area contributed by atoms with Gasteiger partial charge in [0.05, 0.1) is 29.1 Å². The third kappa shape index (κ3) is 5.76. The molecule has 0 aliphatic heterocycles. The van der Waals surface area contributed by atoms with Crippen LogP contribution < -0.4 is 5.56 Å². The molecule has 0 spiro atoms. The molecule has 0 bridgehead atoms. The molecule has 2 aromatic carbocycles. The van der Waals surface area contributed by atoms with Crippen molar-refractivity contribution in [3.05, 3.63) is 70.0 Å². The Morgan fingerprint density at radius 2 is 1.94 bits per heavy atom. The SMILES string of the molecule is CS(=O)(=O)OC(=O)CCCCc1nc2cc(/C=N/O)ccc2c(=O)n1-c1ccc(F)cc1. The van der Waals surface area contributed by atoms with Crippen LogP contribution in [-0.4, -0.2) is 41.6 Å². The predicted molar refractivity (Wildman–Crippen MR) is 115 cm³/mol. The maximum atomic E-state index is 13.4. The number of rotatable bonds is 8. The summed E-state index contributed by atoms with van der Waals surface area (Å²) in [6, 6.07) is 10.2. The van der Waals surface area contributed by atoms with Crippen LogP contribution in [0.15, 0.2) is 52.4 Å². The fraction of sp³-hybridized carbons (Fsp3) is 0.238. The molecule has 0 fully saturated rings. The van der Waals surface area contributed by atoms with Gasteiger partial charge in [-0.2, -0.15) is 8.42 Å². The van der Waals surface area contributed by atoms with E-state index in [1.165, 1.54) is 35.0 Å². The van der Waals surface area contributed by atoms with Crippen LogP contribution in [0.25, 0.3) is 16.6 Å². The molecule has 32 heavy (non-hydrogen) atoms. The lowest BCUT2D eigenvalue weighted by atomic mass is 10.1. The number of aromatic nitrogens is 2. The van der Waals surface area contributed by atoms with Gasteiger partial charge in [-0.05, 0) is 54.8 Å². The van der Waals surface area contributed by atoms with Crippen molar-refractivity contribution in [1.82, 2.24) is 9.55 Å². The molecule has 1 aromatic heterocycles. The number of carbonyl (C=O) groups excluding carboxylic acids is 1.